The summed E-state index contributed by atoms with van der Waals surface area (Å²) < 4.78 is 5.78. The number of hydrogen-bond acceptors (Lipinski definition) is 6. The van der Waals surface area contributed by atoms with Crippen molar-refractivity contribution in [2.45, 2.75) is 25.0 Å². The molecular weight excluding hydrogens is 412 g/mol. The maximum Gasteiger partial charge on any atom is 1.00 e. The van der Waals surface area contributed by atoms with E-state index in [0.29, 0.717) is 24.3 Å². The van der Waals surface area contributed by atoms with E-state index in [0.717, 1.165) is 22.9 Å². The van der Waals surface area contributed by atoms with Gasteiger partial charge in [0.15, 0.2) is 0 Å². The average Bonchev–Trinajstić information content (AvgIpc) is 2.95. The zero-order valence-corrected chi connectivity index (χ0v) is 21.4. The van der Waals surface area contributed by atoms with Crippen LogP contribution in [0.2, 0.25) is 0 Å². The summed E-state index contributed by atoms with van der Waals surface area (Å²) >= 11 is 0.955. The van der Waals surface area contributed by atoms with E-state index in [2.05, 4.69) is 5.32 Å². The quantitative estimate of drug-likeness (QED) is 0.438. The van der Waals surface area contributed by atoms with Crippen LogP contribution in [0.5, 0.6) is 11.5 Å². The minimum Gasteiger partial charge on any atom is -0.585 e. The molecule has 2 aromatic rings. The van der Waals surface area contributed by atoms with Crippen molar-refractivity contribution in [2.24, 2.45) is 5.92 Å². The van der Waals surface area contributed by atoms with Crippen LogP contribution in [0.15, 0.2) is 48.5 Å². The molecule has 140 valence electrons. The number of imide groups is 1. The Labute approximate surface area is 217 Å². The van der Waals surface area contributed by atoms with Crippen molar-refractivity contribution in [3.63, 3.8) is 0 Å². The molecule has 1 unspecified atom stereocenters. The second kappa shape index (κ2) is 12.2. The Bertz CT molecular complexity index is 858. The summed E-state index contributed by atoms with van der Waals surface area (Å²) in [7, 11) is 0. The van der Waals surface area contributed by atoms with Crippen molar-refractivity contribution in [3.8, 4) is 11.5 Å². The van der Waals surface area contributed by atoms with E-state index in [4.69, 9.17) is 4.74 Å². The van der Waals surface area contributed by atoms with Crippen molar-refractivity contribution in [1.82, 2.24) is 0 Å². The van der Waals surface area contributed by atoms with Gasteiger partial charge in [-0.25, -0.2) is 0 Å². The smallest absolute Gasteiger partial charge is 0.585 e. The van der Waals surface area contributed by atoms with E-state index in [1.165, 1.54) is 0 Å². The molecule has 2 amide bonds. The Morgan fingerprint density at radius 3 is 2.00 bits per heavy atom. The summed E-state index contributed by atoms with van der Waals surface area (Å²) in [4.78, 5) is 33.5. The first kappa shape index (κ1) is 26.2. The molecule has 3 rings (SSSR count). The van der Waals surface area contributed by atoms with Crippen molar-refractivity contribution in [3.05, 3.63) is 65.0 Å². The number of aliphatic carboxylic acids is 1. The third kappa shape index (κ3) is 7.75. The number of nitrogens with zero attached hydrogens (tertiary/aromatic N) is 1. The van der Waals surface area contributed by atoms with Crippen molar-refractivity contribution >= 4 is 28.9 Å². The van der Waals surface area contributed by atoms with Gasteiger partial charge >= 0.3 is 59.1 Å². The van der Waals surface area contributed by atoms with E-state index in [1.54, 1.807) is 31.2 Å². The summed E-state index contributed by atoms with van der Waals surface area (Å²) in [5.41, 5.74) is 1.82. The number of ether oxygens (including phenoxy) is 1. The number of hydrogen-bond donors (Lipinski definition) is 0. The summed E-state index contributed by atoms with van der Waals surface area (Å²) in [5.74, 6) is -0.707. The Balaban J connectivity index is 0.00000210. The standard InChI is InChI=1S/C20H19NO5S.2Na/c1-12(19(23)24)10-13-2-6-15(7-3-13)26-16-8-4-14(5-9-16)11-17-18(22)21-20(25)27-17;;/h2-9,12,17H,10-11H2,1H3,(H2,21,22,23,24,25);;/q;2*+1/p-2/t12-,17?;;/m0../s1. The van der Waals surface area contributed by atoms with Gasteiger partial charge in [0.25, 0.3) is 0 Å². The Hall–Kier alpha value is -0.800. The number of carboxylic acids is 1. The second-order valence-electron chi connectivity index (χ2n) is 6.34. The first-order valence-electron chi connectivity index (χ1n) is 8.43. The number of carboxylic acid groups (broad SMARTS) is 1. The number of amides is 2. The maximum absolute atomic E-state index is 11.6. The van der Waals surface area contributed by atoms with E-state index < -0.39 is 22.4 Å². The summed E-state index contributed by atoms with van der Waals surface area (Å²) in [6.07, 6.45) is 0.855. The van der Waals surface area contributed by atoms with Crippen LogP contribution in [0, 0.1) is 5.92 Å². The third-order valence-electron chi connectivity index (χ3n) is 4.17. The number of thioether (sulfide) groups is 1. The Morgan fingerprint density at radius 2 is 1.55 bits per heavy atom. The minimum atomic E-state index is -1.06. The van der Waals surface area contributed by atoms with Gasteiger partial charge in [-0.1, -0.05) is 43.0 Å². The molecule has 29 heavy (non-hydrogen) atoms. The number of carbonyl (C=O) groups is 3. The van der Waals surface area contributed by atoms with Gasteiger partial charge in [-0.2, -0.15) is 0 Å². The van der Waals surface area contributed by atoms with Crippen LogP contribution in [0.1, 0.15) is 18.1 Å². The predicted molar refractivity (Wildman–Crippen MR) is 99.7 cm³/mol. The molecule has 1 saturated heterocycles. The number of benzene rings is 2. The molecule has 0 saturated carbocycles. The molecule has 1 aliphatic rings. The fourth-order valence-corrected chi connectivity index (χ4v) is 3.48. The molecule has 1 heterocycles. The number of carbonyl (C=O) groups excluding carboxylic acids is 3. The van der Waals surface area contributed by atoms with E-state index in [9.17, 15) is 19.5 Å². The summed E-state index contributed by atoms with van der Waals surface area (Å²) in [5, 5.41) is 13.3. The van der Waals surface area contributed by atoms with Crippen LogP contribution >= 0.6 is 11.8 Å². The van der Waals surface area contributed by atoms with Gasteiger partial charge in [-0.05, 0) is 54.2 Å². The molecule has 1 aliphatic heterocycles. The molecule has 6 nitrogen and oxygen atoms in total. The molecular formula is C20H17NNa2O5S. The fraction of sp³-hybridized carbons (Fsp3) is 0.250. The van der Waals surface area contributed by atoms with Gasteiger partial charge in [-0.3, -0.25) is 0 Å². The topological polar surface area (TPSA) is 97.6 Å². The Kier molecular flexibility index (Phi) is 11.0. The third-order valence-corrected chi connectivity index (χ3v) is 5.11. The monoisotopic (exact) mass is 429 g/mol. The van der Waals surface area contributed by atoms with Crippen LogP contribution in [0.25, 0.3) is 5.32 Å². The fourth-order valence-electron chi connectivity index (χ4n) is 2.66. The van der Waals surface area contributed by atoms with Crippen molar-refractivity contribution in [1.29, 1.82) is 0 Å². The van der Waals surface area contributed by atoms with Gasteiger partial charge < -0.3 is 29.5 Å². The van der Waals surface area contributed by atoms with Gasteiger partial charge in [0.05, 0.1) is 11.2 Å². The predicted octanol–water partition coefficient (Wildman–Crippen LogP) is -2.91. The molecule has 9 heteroatoms. The maximum atomic E-state index is 11.6. The zero-order chi connectivity index (χ0) is 19.4. The van der Waals surface area contributed by atoms with E-state index >= 15 is 0 Å². The summed E-state index contributed by atoms with van der Waals surface area (Å²) in [6, 6.07) is 14.5. The van der Waals surface area contributed by atoms with E-state index in [-0.39, 0.29) is 65.0 Å². The van der Waals surface area contributed by atoms with Crippen LogP contribution in [0.4, 0.5) is 4.79 Å². The molecule has 0 aliphatic carbocycles. The first-order chi connectivity index (χ1) is 12.9. The molecule has 2 atom stereocenters. The molecule has 0 N–H and O–H groups in total. The van der Waals surface area contributed by atoms with Gasteiger partial charge in [0, 0.05) is 5.97 Å². The average molecular weight is 429 g/mol. The molecule has 1 fully saturated rings. The van der Waals surface area contributed by atoms with Crippen molar-refractivity contribution in [2.75, 3.05) is 0 Å². The van der Waals surface area contributed by atoms with Gasteiger partial charge in [-0.15, -0.1) is 0 Å². The molecule has 0 radical (unpaired) electrons. The zero-order valence-electron chi connectivity index (χ0n) is 16.6. The minimum absolute atomic E-state index is 0. The van der Waals surface area contributed by atoms with Crippen LogP contribution < -0.4 is 69.0 Å². The van der Waals surface area contributed by atoms with Crippen LogP contribution in [-0.2, 0) is 22.4 Å². The second-order valence-corrected chi connectivity index (χ2v) is 7.49. The summed E-state index contributed by atoms with van der Waals surface area (Å²) in [6.45, 7) is 1.61. The molecule has 2 aromatic carbocycles. The molecule has 0 spiro atoms. The van der Waals surface area contributed by atoms with Crippen LogP contribution in [0.3, 0.4) is 0 Å². The normalized spacial score (nSPS) is 16.2. The van der Waals surface area contributed by atoms with Gasteiger partial charge in [0.2, 0.25) is 0 Å². The number of rotatable bonds is 7. The van der Waals surface area contributed by atoms with Crippen molar-refractivity contribution < 1.29 is 83.3 Å². The first-order valence-corrected chi connectivity index (χ1v) is 9.31. The Morgan fingerprint density at radius 1 is 1.03 bits per heavy atom. The van der Waals surface area contributed by atoms with Crippen LogP contribution in [-0.4, -0.2) is 22.4 Å². The van der Waals surface area contributed by atoms with E-state index in [1.807, 2.05) is 24.3 Å². The SMILES string of the molecule is C[C@@H](Cc1ccc(Oc2ccc(CC3SC(=O)[N-]C3=O)cc2)cc1)C(=O)[O-].[Na+].[Na+]. The van der Waals surface area contributed by atoms with Gasteiger partial charge in [0.1, 0.15) is 16.7 Å². The molecule has 0 aromatic heterocycles. The molecule has 0 bridgehead atoms. The largest absolute Gasteiger partial charge is 1.00 e.